The molecule has 0 spiro atoms. The molecule has 0 unspecified atom stereocenters. The number of nitrogens with zero attached hydrogens (tertiary/aromatic N) is 3. The van der Waals surface area contributed by atoms with Crippen LogP contribution in [0.25, 0.3) is 22.0 Å². The van der Waals surface area contributed by atoms with E-state index in [1.807, 2.05) is 5.32 Å². The molecule has 4 aromatic rings. The number of amides is 1. The number of halogens is 8. The van der Waals surface area contributed by atoms with Gasteiger partial charge in [-0.1, -0.05) is 18.2 Å². The van der Waals surface area contributed by atoms with E-state index in [2.05, 4.69) is 4.98 Å². The van der Waals surface area contributed by atoms with Gasteiger partial charge in [0.25, 0.3) is 11.5 Å². The summed E-state index contributed by atoms with van der Waals surface area (Å²) in [6.45, 7) is -1.29. The topological polar surface area (TPSA) is 114 Å². The molecule has 2 aliphatic rings. The Morgan fingerprint density at radius 1 is 1.06 bits per heavy atom. The van der Waals surface area contributed by atoms with Gasteiger partial charge < -0.3 is 24.6 Å². The van der Waals surface area contributed by atoms with Gasteiger partial charge in [-0.3, -0.25) is 14.6 Å². The number of rotatable bonds is 8. The van der Waals surface area contributed by atoms with E-state index in [0.29, 0.717) is 29.9 Å². The molecule has 51 heavy (non-hydrogen) atoms. The van der Waals surface area contributed by atoms with Gasteiger partial charge in [-0.25, -0.2) is 13.6 Å². The summed E-state index contributed by atoms with van der Waals surface area (Å²) in [6, 6.07) is 3.27. The van der Waals surface area contributed by atoms with Crippen molar-refractivity contribution in [1.29, 1.82) is 0 Å². The van der Waals surface area contributed by atoms with Crippen LogP contribution in [0, 0.1) is 11.6 Å². The number of ether oxygens (including phenoxy) is 1. The van der Waals surface area contributed by atoms with Crippen molar-refractivity contribution in [1.82, 2.24) is 14.9 Å². The number of aliphatic carboxylic acids is 1. The van der Waals surface area contributed by atoms with Crippen LogP contribution in [-0.4, -0.2) is 64.6 Å². The number of carbonyl (C=O) groups excluding carboxylic acids is 1. The number of alkyl halides is 6. The molecule has 2 aromatic carbocycles. The fraction of sp³-hybridized carbons (Fsp3) is 0.353. The van der Waals surface area contributed by atoms with E-state index in [0.717, 1.165) is 6.07 Å². The number of morpholine rings is 1. The molecule has 2 fully saturated rings. The number of hydrogen-bond donors (Lipinski definition) is 2. The molecule has 2 atom stereocenters. The highest BCUT2D eigenvalue weighted by Crippen LogP contribution is 2.44. The predicted molar refractivity (Wildman–Crippen MR) is 166 cm³/mol. The van der Waals surface area contributed by atoms with Crippen molar-refractivity contribution in [2.24, 2.45) is 7.05 Å². The van der Waals surface area contributed by atoms with Crippen LogP contribution in [0.4, 0.5) is 40.8 Å². The third kappa shape index (κ3) is 6.98. The van der Waals surface area contributed by atoms with E-state index in [4.69, 9.17) is 4.74 Å². The maximum absolute atomic E-state index is 15.2. The molecule has 1 saturated heterocycles. The standard InChI is InChI=1S/C34H28F8N4O5/c1-45-25(16-4-5-16)14-21(33(37,38)39)27(31(45)48)20-7-6-17(19-3-2-8-43-29(19)20)11-24(32(49)50)44-30(47)28-22(35)12-18(13-23(28)36)46-9-10-51-15-26(46)34(40,41)42/h2-3,6-8,12-14,16,24,26H,4-5,9-11,15H2,1H3,(H,44,47)(H,49,50)/t24-,26+/m0/s1. The summed E-state index contributed by atoms with van der Waals surface area (Å²) in [5, 5.41) is 12.1. The van der Waals surface area contributed by atoms with Crippen LogP contribution in [0.3, 0.4) is 0 Å². The summed E-state index contributed by atoms with van der Waals surface area (Å²) in [7, 11) is 1.38. The van der Waals surface area contributed by atoms with Crippen LogP contribution in [0.5, 0.6) is 0 Å². The highest BCUT2D eigenvalue weighted by molar-refractivity contribution is 5.99. The smallest absolute Gasteiger partial charge is 0.417 e. The lowest BCUT2D eigenvalue weighted by Gasteiger charge is -2.38. The first-order chi connectivity index (χ1) is 24.0. The van der Waals surface area contributed by atoms with Crippen molar-refractivity contribution in [2.45, 2.75) is 49.6 Å². The van der Waals surface area contributed by atoms with Gasteiger partial charge in [-0.15, -0.1) is 0 Å². The summed E-state index contributed by atoms with van der Waals surface area (Å²) in [4.78, 5) is 43.7. The Hall–Kier alpha value is -5.06. The number of benzene rings is 2. The van der Waals surface area contributed by atoms with Gasteiger partial charge >= 0.3 is 18.3 Å². The lowest BCUT2D eigenvalue weighted by molar-refractivity contribution is -0.167. The van der Waals surface area contributed by atoms with E-state index in [1.165, 1.54) is 42.1 Å². The van der Waals surface area contributed by atoms with Crippen LogP contribution in [0.15, 0.2) is 53.5 Å². The fourth-order valence-electron chi connectivity index (χ4n) is 6.36. The molecule has 270 valence electrons. The first-order valence-corrected chi connectivity index (χ1v) is 15.6. The van der Waals surface area contributed by atoms with Gasteiger partial charge in [0.05, 0.1) is 29.9 Å². The Labute approximate surface area is 283 Å². The zero-order valence-electron chi connectivity index (χ0n) is 26.5. The van der Waals surface area contributed by atoms with Crippen LogP contribution >= 0.6 is 0 Å². The number of carboxylic acid groups (broad SMARTS) is 1. The van der Waals surface area contributed by atoms with Crippen molar-refractivity contribution in [3.8, 4) is 11.1 Å². The normalized spacial score (nSPS) is 17.4. The quantitative estimate of drug-likeness (QED) is 0.216. The molecular weight excluding hydrogens is 696 g/mol. The van der Waals surface area contributed by atoms with Gasteiger partial charge in [-0.05, 0) is 48.6 Å². The number of hydrogen-bond acceptors (Lipinski definition) is 6. The predicted octanol–water partition coefficient (Wildman–Crippen LogP) is 5.97. The molecule has 1 aliphatic heterocycles. The number of anilines is 1. The minimum absolute atomic E-state index is 0.0693. The van der Waals surface area contributed by atoms with Crippen molar-refractivity contribution in [2.75, 3.05) is 24.7 Å². The largest absolute Gasteiger partial charge is 0.480 e. The molecule has 9 nitrogen and oxygen atoms in total. The molecular formula is C34H28F8N4O5. The monoisotopic (exact) mass is 724 g/mol. The second-order valence-electron chi connectivity index (χ2n) is 12.3. The Kier molecular flexibility index (Phi) is 9.29. The minimum Gasteiger partial charge on any atom is -0.480 e. The van der Waals surface area contributed by atoms with E-state index in [1.54, 1.807) is 0 Å². The fourth-order valence-corrected chi connectivity index (χ4v) is 6.36. The Balaban J connectivity index is 1.32. The summed E-state index contributed by atoms with van der Waals surface area (Å²) >= 11 is 0. The highest BCUT2D eigenvalue weighted by atomic mass is 19.4. The summed E-state index contributed by atoms with van der Waals surface area (Å²) in [5.74, 6) is -6.44. The number of carbonyl (C=O) groups is 2. The zero-order valence-corrected chi connectivity index (χ0v) is 26.5. The SMILES string of the molecule is Cn1c(C2CC2)cc(C(F)(F)F)c(-c2ccc(C[C@H](NC(=O)c3c(F)cc(N4CCOC[C@@H]4C(F)(F)F)cc3F)C(=O)O)c3cccnc23)c1=O. The molecule has 1 saturated carbocycles. The number of fused-ring (bicyclic) bond motifs is 1. The maximum atomic E-state index is 15.2. The van der Waals surface area contributed by atoms with E-state index in [9.17, 15) is 45.8 Å². The Morgan fingerprint density at radius 2 is 1.75 bits per heavy atom. The van der Waals surface area contributed by atoms with E-state index in [-0.39, 0.29) is 46.8 Å². The maximum Gasteiger partial charge on any atom is 0.417 e. The number of pyridine rings is 2. The number of aromatic nitrogens is 2. The van der Waals surface area contributed by atoms with E-state index >= 15 is 8.78 Å². The highest BCUT2D eigenvalue weighted by Gasteiger charge is 2.46. The van der Waals surface area contributed by atoms with Gasteiger partial charge in [-0.2, -0.15) is 26.3 Å². The van der Waals surface area contributed by atoms with Gasteiger partial charge in [0, 0.05) is 48.5 Å². The van der Waals surface area contributed by atoms with Crippen molar-refractivity contribution < 1.29 is 54.6 Å². The van der Waals surface area contributed by atoms with Crippen molar-refractivity contribution in [3.05, 3.63) is 93.0 Å². The van der Waals surface area contributed by atoms with Crippen LogP contribution in [0.2, 0.25) is 0 Å². The second kappa shape index (κ2) is 13.2. The van der Waals surface area contributed by atoms with Gasteiger partial charge in [0.2, 0.25) is 0 Å². The van der Waals surface area contributed by atoms with Gasteiger partial charge in [0.1, 0.15) is 29.3 Å². The molecule has 3 heterocycles. The molecule has 2 aromatic heterocycles. The van der Waals surface area contributed by atoms with Crippen molar-refractivity contribution in [3.63, 3.8) is 0 Å². The first kappa shape index (κ1) is 35.8. The molecule has 0 radical (unpaired) electrons. The third-order valence-electron chi connectivity index (χ3n) is 9.02. The average Bonchev–Trinajstić information content (AvgIpc) is 3.90. The lowest BCUT2D eigenvalue weighted by Crippen LogP contribution is -2.53. The molecule has 6 rings (SSSR count). The summed E-state index contributed by atoms with van der Waals surface area (Å²) < 4.78 is 120. The molecule has 0 bridgehead atoms. The van der Waals surface area contributed by atoms with E-state index < -0.39 is 88.9 Å². The van der Waals surface area contributed by atoms with Gasteiger partial charge in [0.15, 0.2) is 0 Å². The first-order valence-electron chi connectivity index (χ1n) is 15.6. The third-order valence-corrected chi connectivity index (χ3v) is 9.02. The van der Waals surface area contributed by atoms with Crippen LogP contribution < -0.4 is 15.8 Å². The Bertz CT molecular complexity index is 2070. The lowest BCUT2D eigenvalue weighted by atomic mass is 9.93. The molecule has 1 amide bonds. The number of carboxylic acids is 1. The van der Waals surface area contributed by atoms with Crippen LogP contribution in [-0.2, 0) is 29.2 Å². The zero-order chi connectivity index (χ0) is 37.0. The molecule has 2 N–H and O–H groups in total. The van der Waals surface area contributed by atoms with Crippen molar-refractivity contribution >= 4 is 28.5 Å². The second-order valence-corrected chi connectivity index (χ2v) is 12.3. The molecule has 17 heteroatoms. The minimum atomic E-state index is -4.91. The molecule has 1 aliphatic carbocycles. The summed E-state index contributed by atoms with van der Waals surface area (Å²) in [5.41, 5.74) is -4.30. The number of nitrogens with one attached hydrogen (secondary N) is 1. The summed E-state index contributed by atoms with van der Waals surface area (Å²) in [6.07, 6.45) is -7.69. The Morgan fingerprint density at radius 3 is 2.35 bits per heavy atom. The van der Waals surface area contributed by atoms with Crippen LogP contribution in [0.1, 0.15) is 45.9 Å². The average molecular weight is 725 g/mol.